The maximum Gasteiger partial charge on any atom is 0.386 e. The first-order chi connectivity index (χ1) is 15.5. The van der Waals surface area contributed by atoms with Crippen LogP contribution in [0.25, 0.3) is 0 Å². The van der Waals surface area contributed by atoms with E-state index in [4.69, 9.17) is 8.23 Å². The van der Waals surface area contributed by atoms with Gasteiger partial charge in [-0.05, 0) is 40.4 Å². The molecule has 5 heteroatoms. The van der Waals surface area contributed by atoms with Crippen LogP contribution in [0, 0.1) is 0 Å². The van der Waals surface area contributed by atoms with Crippen molar-refractivity contribution in [3.05, 3.63) is 121 Å². The van der Waals surface area contributed by atoms with E-state index in [2.05, 4.69) is 141 Å². The predicted octanol–water partition coefficient (Wildman–Crippen LogP) is 3.92. The number of benzene rings is 4. The van der Waals surface area contributed by atoms with Crippen molar-refractivity contribution in [2.24, 2.45) is 0 Å². The van der Waals surface area contributed by atoms with Crippen molar-refractivity contribution in [1.29, 1.82) is 0 Å². The third-order valence-corrected chi connectivity index (χ3v) is 14.5. The van der Waals surface area contributed by atoms with Crippen molar-refractivity contribution in [3.63, 3.8) is 0 Å². The average Bonchev–Trinajstić information content (AvgIpc) is 2.83. The summed E-state index contributed by atoms with van der Waals surface area (Å²) in [5, 5.41) is 4.77. The monoisotopic (exact) mass is 469 g/mol. The molecule has 0 spiro atoms. The maximum atomic E-state index is 7.41. The molecule has 1 radical (unpaired) electrons. The molecule has 0 saturated carbocycles. The maximum absolute atomic E-state index is 7.41. The second-order valence-corrected chi connectivity index (χ2v) is 18.8. The molecule has 0 bridgehead atoms. The first-order valence-electron chi connectivity index (χ1n) is 11.0. The summed E-state index contributed by atoms with van der Waals surface area (Å²) in [5.41, 5.74) is 0. The molecule has 4 aromatic rings. The molecule has 0 unspecified atom stereocenters. The highest BCUT2D eigenvalue weighted by atomic mass is 28.5. The first kappa shape index (κ1) is 22.6. The third kappa shape index (κ3) is 5.26. The average molecular weight is 470 g/mol. The van der Waals surface area contributed by atoms with E-state index in [9.17, 15) is 0 Å². The molecule has 4 rings (SSSR count). The first-order valence-corrected chi connectivity index (χ1v) is 17.6. The van der Waals surface area contributed by atoms with Gasteiger partial charge in [0.25, 0.3) is 9.04 Å². The zero-order valence-corrected chi connectivity index (χ0v) is 21.9. The smallest absolute Gasteiger partial charge is 0.386 e. The fourth-order valence-corrected chi connectivity index (χ4v) is 14.7. The van der Waals surface area contributed by atoms with Crippen LogP contribution < -0.4 is 20.7 Å². The van der Waals surface area contributed by atoms with Crippen LogP contribution in [0.3, 0.4) is 0 Å². The van der Waals surface area contributed by atoms with Gasteiger partial charge in [0.1, 0.15) is 0 Å². The Morgan fingerprint density at radius 2 is 0.844 bits per heavy atom. The summed E-state index contributed by atoms with van der Waals surface area (Å²) in [7, 11) is -6.54. The fourth-order valence-electron chi connectivity index (χ4n) is 3.78. The Morgan fingerprint density at radius 1 is 0.500 bits per heavy atom. The van der Waals surface area contributed by atoms with Gasteiger partial charge in [0.2, 0.25) is 0 Å². The van der Waals surface area contributed by atoms with E-state index in [1.54, 1.807) is 0 Å². The topological polar surface area (TPSA) is 18.5 Å². The lowest BCUT2D eigenvalue weighted by Crippen LogP contribution is -2.70. The molecule has 0 aliphatic heterocycles. The zero-order valence-electron chi connectivity index (χ0n) is 18.9. The van der Waals surface area contributed by atoms with Gasteiger partial charge in [-0.2, -0.15) is 0 Å². The highest BCUT2D eigenvalue weighted by Crippen LogP contribution is 2.18. The predicted molar refractivity (Wildman–Crippen MR) is 141 cm³/mol. The van der Waals surface area contributed by atoms with E-state index < -0.39 is 25.9 Å². The van der Waals surface area contributed by atoms with Gasteiger partial charge < -0.3 is 8.23 Å². The van der Waals surface area contributed by atoms with Crippen molar-refractivity contribution < 1.29 is 8.23 Å². The summed E-state index contributed by atoms with van der Waals surface area (Å²) < 4.78 is 14.6. The molecule has 2 nitrogen and oxygen atoms in total. The summed E-state index contributed by atoms with van der Waals surface area (Å²) in [6.45, 7) is 6.75. The summed E-state index contributed by atoms with van der Waals surface area (Å²) in [5.74, 6) is 0. The largest absolute Gasteiger partial charge is 0.430 e. The van der Waals surface area contributed by atoms with Gasteiger partial charge in [-0.15, -0.1) is 0 Å². The van der Waals surface area contributed by atoms with Gasteiger partial charge in [0, 0.05) is 0 Å². The van der Waals surface area contributed by atoms with Crippen molar-refractivity contribution in [2.45, 2.75) is 19.6 Å². The van der Waals surface area contributed by atoms with Crippen molar-refractivity contribution in [2.75, 3.05) is 0 Å². The molecule has 32 heavy (non-hydrogen) atoms. The van der Waals surface area contributed by atoms with Crippen LogP contribution in [-0.4, -0.2) is 25.9 Å². The molecular weight excluding hydrogens is 441 g/mol. The minimum atomic E-state index is -3.00. The molecule has 0 N–H and O–H groups in total. The van der Waals surface area contributed by atoms with Gasteiger partial charge in [-0.25, -0.2) is 0 Å². The highest BCUT2D eigenvalue weighted by Gasteiger charge is 2.48. The molecule has 0 heterocycles. The Balaban J connectivity index is 1.94. The van der Waals surface area contributed by atoms with Crippen LogP contribution >= 0.6 is 0 Å². The summed E-state index contributed by atoms with van der Waals surface area (Å²) in [6, 6.07) is 42.4. The lowest BCUT2D eigenvalue weighted by molar-refractivity contribution is 0.427. The van der Waals surface area contributed by atoms with Crippen LogP contribution in [-0.2, 0) is 8.23 Å². The standard InChI is InChI=1S/C27H29O2Si3/c1-31(2,3)29-32(26-20-12-6-13-21-26,27-22-14-7-15-23-27)28-30(24-16-8-4-9-17-24)25-18-10-5-11-19-25/h4-23H,1-3H3. The quantitative estimate of drug-likeness (QED) is 0.364. The Morgan fingerprint density at radius 3 is 1.19 bits per heavy atom. The molecule has 0 fully saturated rings. The molecule has 0 aliphatic rings. The lowest BCUT2D eigenvalue weighted by atomic mass is 10.4. The van der Waals surface area contributed by atoms with Gasteiger partial charge in [-0.1, -0.05) is 121 Å². The Kier molecular flexibility index (Phi) is 7.03. The molecule has 0 aromatic heterocycles. The van der Waals surface area contributed by atoms with E-state index in [0.29, 0.717) is 0 Å². The summed E-state index contributed by atoms with van der Waals surface area (Å²) >= 11 is 0. The van der Waals surface area contributed by atoms with E-state index in [-0.39, 0.29) is 0 Å². The van der Waals surface area contributed by atoms with Crippen molar-refractivity contribution in [3.8, 4) is 0 Å². The summed E-state index contributed by atoms with van der Waals surface area (Å²) in [4.78, 5) is 0. The van der Waals surface area contributed by atoms with E-state index in [0.717, 1.165) is 10.4 Å². The number of hydrogen-bond donors (Lipinski definition) is 0. The zero-order chi connectivity index (χ0) is 22.4. The molecular formula is C27H29O2Si3. The molecule has 0 aliphatic carbocycles. The normalized spacial score (nSPS) is 12.1. The fraction of sp³-hybridized carbons (Fsp3) is 0.111. The van der Waals surface area contributed by atoms with Gasteiger partial charge in [-0.3, -0.25) is 0 Å². The minimum absolute atomic E-state index is 1.16. The van der Waals surface area contributed by atoms with Crippen LogP contribution in [0.4, 0.5) is 0 Å². The second-order valence-electron chi connectivity index (χ2n) is 8.73. The molecule has 0 atom stereocenters. The SMILES string of the molecule is C[Si](C)(C)O[Si](O[Si](c1ccccc1)c1ccccc1)(c1ccccc1)c1ccccc1. The van der Waals surface area contributed by atoms with Crippen LogP contribution in [0.1, 0.15) is 0 Å². The Hall–Kier alpha value is -2.55. The molecule has 0 amide bonds. The second kappa shape index (κ2) is 9.94. The minimum Gasteiger partial charge on any atom is -0.430 e. The van der Waals surface area contributed by atoms with Gasteiger partial charge in [0.15, 0.2) is 8.32 Å². The Bertz CT molecular complexity index is 1020. The van der Waals surface area contributed by atoms with Crippen LogP contribution in [0.15, 0.2) is 121 Å². The Labute approximate surface area is 195 Å². The molecule has 4 aromatic carbocycles. The number of rotatable bonds is 8. The van der Waals surface area contributed by atoms with Crippen LogP contribution in [0.2, 0.25) is 19.6 Å². The number of hydrogen-bond acceptors (Lipinski definition) is 2. The van der Waals surface area contributed by atoms with Crippen molar-refractivity contribution >= 4 is 46.7 Å². The van der Waals surface area contributed by atoms with Crippen LogP contribution in [0.5, 0.6) is 0 Å². The van der Waals surface area contributed by atoms with E-state index in [1.807, 2.05) is 0 Å². The van der Waals surface area contributed by atoms with Gasteiger partial charge >= 0.3 is 8.56 Å². The molecule has 0 saturated heterocycles. The van der Waals surface area contributed by atoms with Gasteiger partial charge in [0.05, 0.1) is 0 Å². The lowest BCUT2D eigenvalue weighted by Gasteiger charge is -2.39. The van der Waals surface area contributed by atoms with Crippen molar-refractivity contribution in [1.82, 2.24) is 0 Å². The third-order valence-electron chi connectivity index (χ3n) is 5.08. The van der Waals surface area contributed by atoms with E-state index in [1.165, 1.54) is 10.4 Å². The summed E-state index contributed by atoms with van der Waals surface area (Å²) in [6.07, 6.45) is 0. The van der Waals surface area contributed by atoms with E-state index >= 15 is 0 Å². The highest BCUT2D eigenvalue weighted by molar-refractivity contribution is 7.03. The molecule has 161 valence electrons.